The molecule has 0 bridgehead atoms. The molecule has 4 rings (SSSR count). The minimum atomic E-state index is 0.0283. The smallest absolute Gasteiger partial charge is 0.262 e. The normalized spacial score (nSPS) is 18.1. The molecular formula is C17H16N2O2S. The van der Waals surface area contributed by atoms with Gasteiger partial charge in [0.1, 0.15) is 4.83 Å². The van der Waals surface area contributed by atoms with Crippen molar-refractivity contribution < 1.29 is 4.74 Å². The summed E-state index contributed by atoms with van der Waals surface area (Å²) in [7, 11) is 0. The highest BCUT2D eigenvalue weighted by atomic mass is 32.1. The fourth-order valence-electron chi connectivity index (χ4n) is 2.94. The minimum Gasteiger partial charge on any atom is -0.376 e. The van der Waals surface area contributed by atoms with Gasteiger partial charge >= 0.3 is 0 Å². The summed E-state index contributed by atoms with van der Waals surface area (Å²) >= 11 is 1.52. The molecule has 112 valence electrons. The third-order valence-corrected chi connectivity index (χ3v) is 4.96. The number of hydrogen-bond donors (Lipinski definition) is 0. The van der Waals surface area contributed by atoms with Gasteiger partial charge in [0.05, 0.1) is 24.4 Å². The van der Waals surface area contributed by atoms with E-state index in [1.807, 2.05) is 35.7 Å². The molecule has 1 aliphatic heterocycles. The fraction of sp³-hybridized carbons (Fsp3) is 0.294. The Morgan fingerprint density at radius 2 is 2.18 bits per heavy atom. The van der Waals surface area contributed by atoms with Crippen molar-refractivity contribution in [2.45, 2.75) is 25.5 Å². The van der Waals surface area contributed by atoms with E-state index in [9.17, 15) is 4.79 Å². The zero-order valence-corrected chi connectivity index (χ0v) is 12.9. The molecule has 5 heteroatoms. The summed E-state index contributed by atoms with van der Waals surface area (Å²) in [5, 5.41) is 2.74. The Hall–Kier alpha value is -1.98. The van der Waals surface area contributed by atoms with Crippen LogP contribution in [0, 0.1) is 0 Å². The molecule has 0 amide bonds. The highest BCUT2D eigenvalue weighted by Gasteiger charge is 2.18. The highest BCUT2D eigenvalue weighted by Crippen LogP contribution is 2.30. The van der Waals surface area contributed by atoms with E-state index in [1.54, 1.807) is 10.9 Å². The Bertz CT molecular complexity index is 848. The molecule has 0 unspecified atom stereocenters. The van der Waals surface area contributed by atoms with Crippen molar-refractivity contribution in [3.8, 4) is 11.1 Å². The second-order valence-electron chi connectivity index (χ2n) is 5.53. The standard InChI is InChI=1S/C17H16N2O2S/c20-17-15-14(12-5-2-1-3-6-12)10-22-16(15)18-11-19(17)9-13-7-4-8-21-13/h1-3,5-6,10-11,13H,4,7-9H2/t13-/m0/s1. The quantitative estimate of drug-likeness (QED) is 0.745. The number of hydrogen-bond acceptors (Lipinski definition) is 4. The topological polar surface area (TPSA) is 44.1 Å². The van der Waals surface area contributed by atoms with Gasteiger partial charge in [-0.05, 0) is 18.4 Å². The van der Waals surface area contributed by atoms with Crippen molar-refractivity contribution in [2.75, 3.05) is 6.61 Å². The molecule has 1 saturated heterocycles. The lowest BCUT2D eigenvalue weighted by molar-refractivity contribution is 0.0960. The SMILES string of the molecule is O=c1c2c(-c3ccccc3)csc2ncn1C[C@@H]1CCCO1. The summed E-state index contributed by atoms with van der Waals surface area (Å²) in [5.74, 6) is 0. The summed E-state index contributed by atoms with van der Waals surface area (Å²) in [6, 6.07) is 10.0. The number of fused-ring (bicyclic) bond motifs is 1. The van der Waals surface area contributed by atoms with E-state index in [-0.39, 0.29) is 11.7 Å². The van der Waals surface area contributed by atoms with Crippen LogP contribution in [0.15, 0.2) is 46.8 Å². The van der Waals surface area contributed by atoms with Crippen molar-refractivity contribution in [3.63, 3.8) is 0 Å². The molecule has 1 aromatic carbocycles. The van der Waals surface area contributed by atoms with Crippen LogP contribution in [0.3, 0.4) is 0 Å². The van der Waals surface area contributed by atoms with Gasteiger partial charge in [-0.1, -0.05) is 30.3 Å². The average molecular weight is 312 g/mol. The first-order valence-electron chi connectivity index (χ1n) is 7.46. The second kappa shape index (κ2) is 5.66. The zero-order valence-electron chi connectivity index (χ0n) is 12.1. The predicted octanol–water partition coefficient (Wildman–Crippen LogP) is 3.30. The number of ether oxygens (including phenoxy) is 1. The maximum Gasteiger partial charge on any atom is 0.262 e. The molecule has 3 aromatic rings. The van der Waals surface area contributed by atoms with Gasteiger partial charge in [-0.25, -0.2) is 4.98 Å². The summed E-state index contributed by atoms with van der Waals surface area (Å²) in [5.41, 5.74) is 2.06. The molecule has 0 aliphatic carbocycles. The van der Waals surface area contributed by atoms with Gasteiger partial charge in [-0.2, -0.15) is 0 Å². The van der Waals surface area contributed by atoms with Crippen LogP contribution in [0.1, 0.15) is 12.8 Å². The zero-order chi connectivity index (χ0) is 14.9. The van der Waals surface area contributed by atoms with E-state index in [0.29, 0.717) is 6.54 Å². The number of nitrogens with zero attached hydrogens (tertiary/aromatic N) is 2. The molecular weight excluding hydrogens is 296 g/mol. The lowest BCUT2D eigenvalue weighted by Crippen LogP contribution is -2.26. The first kappa shape index (κ1) is 13.7. The third kappa shape index (κ3) is 2.36. The molecule has 22 heavy (non-hydrogen) atoms. The van der Waals surface area contributed by atoms with Gasteiger partial charge in [0.25, 0.3) is 5.56 Å². The largest absolute Gasteiger partial charge is 0.376 e. The molecule has 0 saturated carbocycles. The van der Waals surface area contributed by atoms with Crippen molar-refractivity contribution in [3.05, 3.63) is 52.4 Å². The molecule has 1 fully saturated rings. The Morgan fingerprint density at radius 1 is 1.32 bits per heavy atom. The van der Waals surface area contributed by atoms with Crippen LogP contribution in [0.25, 0.3) is 21.3 Å². The van der Waals surface area contributed by atoms with Gasteiger partial charge in [-0.3, -0.25) is 9.36 Å². The first-order valence-corrected chi connectivity index (χ1v) is 8.34. The van der Waals surface area contributed by atoms with Crippen LogP contribution in [0.2, 0.25) is 0 Å². The van der Waals surface area contributed by atoms with Crippen molar-refractivity contribution >= 4 is 21.6 Å². The van der Waals surface area contributed by atoms with E-state index in [0.717, 1.165) is 40.8 Å². The summed E-state index contributed by atoms with van der Waals surface area (Å²) in [4.78, 5) is 18.1. The van der Waals surface area contributed by atoms with Gasteiger partial charge in [0.2, 0.25) is 0 Å². The maximum absolute atomic E-state index is 12.8. The number of aromatic nitrogens is 2. The van der Waals surface area contributed by atoms with Crippen molar-refractivity contribution in [1.82, 2.24) is 9.55 Å². The number of rotatable bonds is 3. The maximum atomic E-state index is 12.8. The number of thiophene rings is 1. The van der Waals surface area contributed by atoms with Crippen molar-refractivity contribution in [2.24, 2.45) is 0 Å². The molecule has 4 nitrogen and oxygen atoms in total. The minimum absolute atomic E-state index is 0.0283. The van der Waals surface area contributed by atoms with E-state index in [2.05, 4.69) is 4.98 Å². The molecule has 3 heterocycles. The lowest BCUT2D eigenvalue weighted by Gasteiger charge is -2.11. The van der Waals surface area contributed by atoms with Gasteiger partial charge in [0, 0.05) is 17.6 Å². The Morgan fingerprint density at radius 3 is 2.95 bits per heavy atom. The molecule has 0 spiro atoms. The third-order valence-electron chi connectivity index (χ3n) is 4.07. The summed E-state index contributed by atoms with van der Waals surface area (Å²) in [6.45, 7) is 1.38. The predicted molar refractivity (Wildman–Crippen MR) is 88.3 cm³/mol. The second-order valence-corrected chi connectivity index (χ2v) is 6.39. The van der Waals surface area contributed by atoms with Crippen molar-refractivity contribution in [1.29, 1.82) is 0 Å². The Labute approximate surface area is 132 Å². The molecule has 2 aromatic heterocycles. The Kier molecular flexibility index (Phi) is 3.52. The average Bonchev–Trinajstić information content (AvgIpc) is 3.21. The number of benzene rings is 1. The van der Waals surface area contributed by atoms with E-state index >= 15 is 0 Å². The van der Waals surface area contributed by atoms with E-state index < -0.39 is 0 Å². The summed E-state index contributed by atoms with van der Waals surface area (Å²) < 4.78 is 7.33. The van der Waals surface area contributed by atoms with Gasteiger partial charge in [0.15, 0.2) is 0 Å². The van der Waals surface area contributed by atoms with E-state index in [4.69, 9.17) is 4.74 Å². The molecule has 0 N–H and O–H groups in total. The van der Waals surface area contributed by atoms with Crippen LogP contribution in [-0.2, 0) is 11.3 Å². The Balaban J connectivity index is 1.81. The summed E-state index contributed by atoms with van der Waals surface area (Å²) in [6.07, 6.45) is 3.87. The van der Waals surface area contributed by atoms with Crippen LogP contribution in [-0.4, -0.2) is 22.3 Å². The first-order chi connectivity index (χ1) is 10.8. The van der Waals surface area contributed by atoms with Crippen LogP contribution >= 0.6 is 11.3 Å². The molecule has 0 radical (unpaired) electrons. The van der Waals surface area contributed by atoms with Crippen LogP contribution < -0.4 is 5.56 Å². The lowest BCUT2D eigenvalue weighted by atomic mass is 10.1. The highest BCUT2D eigenvalue weighted by molar-refractivity contribution is 7.17. The molecule has 1 atom stereocenters. The monoisotopic (exact) mass is 312 g/mol. The van der Waals surface area contributed by atoms with E-state index in [1.165, 1.54) is 11.3 Å². The van der Waals surface area contributed by atoms with Crippen LogP contribution in [0.4, 0.5) is 0 Å². The molecule has 1 aliphatic rings. The van der Waals surface area contributed by atoms with Gasteiger partial charge in [-0.15, -0.1) is 11.3 Å². The fourth-order valence-corrected chi connectivity index (χ4v) is 3.84. The van der Waals surface area contributed by atoms with Crippen LogP contribution in [0.5, 0.6) is 0 Å². The van der Waals surface area contributed by atoms with Gasteiger partial charge < -0.3 is 4.74 Å².